The lowest BCUT2D eigenvalue weighted by molar-refractivity contribution is -0.213. The maximum atomic E-state index is 11.8. The van der Waals surface area contributed by atoms with Crippen molar-refractivity contribution < 1.29 is 14.3 Å². The number of rotatable bonds is 3. The van der Waals surface area contributed by atoms with E-state index in [4.69, 9.17) is 9.47 Å². The van der Waals surface area contributed by atoms with Crippen LogP contribution in [-0.4, -0.2) is 30.9 Å². The van der Waals surface area contributed by atoms with Gasteiger partial charge >= 0.3 is 0 Å². The van der Waals surface area contributed by atoms with Crippen LogP contribution in [0, 0.1) is 5.92 Å². The van der Waals surface area contributed by atoms with Gasteiger partial charge in [-0.15, -0.1) is 0 Å². The first-order valence-electron chi connectivity index (χ1n) is 6.70. The molecule has 98 valence electrons. The van der Waals surface area contributed by atoms with Gasteiger partial charge < -0.3 is 14.8 Å². The molecule has 1 saturated carbocycles. The van der Waals surface area contributed by atoms with Gasteiger partial charge in [-0.25, -0.2) is 0 Å². The molecule has 1 atom stereocenters. The largest absolute Gasteiger partial charge is 0.354 e. The Labute approximate surface area is 103 Å². The zero-order valence-electron chi connectivity index (χ0n) is 10.8. The molecule has 1 aliphatic carbocycles. The van der Waals surface area contributed by atoms with Crippen molar-refractivity contribution in [3.63, 3.8) is 0 Å². The van der Waals surface area contributed by atoms with E-state index in [9.17, 15) is 4.79 Å². The number of hydrogen-bond donors (Lipinski definition) is 1. The highest BCUT2D eigenvalue weighted by molar-refractivity contribution is 5.76. The summed E-state index contributed by atoms with van der Waals surface area (Å²) in [6, 6.07) is 0.201. The van der Waals surface area contributed by atoms with Crippen LogP contribution >= 0.6 is 0 Å². The van der Waals surface area contributed by atoms with Crippen molar-refractivity contribution in [2.45, 2.75) is 57.8 Å². The Morgan fingerprint density at radius 1 is 1.35 bits per heavy atom. The van der Waals surface area contributed by atoms with Gasteiger partial charge in [-0.05, 0) is 26.7 Å². The van der Waals surface area contributed by atoms with Crippen molar-refractivity contribution in [2.75, 3.05) is 13.2 Å². The molecule has 4 heteroatoms. The van der Waals surface area contributed by atoms with E-state index in [1.807, 2.05) is 13.8 Å². The molecule has 1 unspecified atom stereocenters. The molecule has 1 amide bonds. The van der Waals surface area contributed by atoms with Crippen molar-refractivity contribution in [1.29, 1.82) is 0 Å². The standard InChI is InChI=1S/C13H23NO3/c1-10(2)14-12(15)9-11-5-3-4-6-13(11)16-7-8-17-13/h10-11H,3-9H2,1-2H3,(H,14,15). The third kappa shape index (κ3) is 2.99. The average molecular weight is 241 g/mol. The van der Waals surface area contributed by atoms with Crippen LogP contribution in [0.2, 0.25) is 0 Å². The highest BCUT2D eigenvalue weighted by atomic mass is 16.7. The van der Waals surface area contributed by atoms with Crippen LogP contribution in [0.1, 0.15) is 46.0 Å². The second-order valence-corrected chi connectivity index (χ2v) is 5.38. The van der Waals surface area contributed by atoms with Gasteiger partial charge in [0.25, 0.3) is 0 Å². The third-order valence-corrected chi connectivity index (χ3v) is 3.61. The van der Waals surface area contributed by atoms with Crippen LogP contribution in [0.15, 0.2) is 0 Å². The molecular weight excluding hydrogens is 218 g/mol. The van der Waals surface area contributed by atoms with Gasteiger partial charge in [0.1, 0.15) is 0 Å². The van der Waals surface area contributed by atoms with Crippen molar-refractivity contribution in [1.82, 2.24) is 5.32 Å². The van der Waals surface area contributed by atoms with Gasteiger partial charge in [-0.2, -0.15) is 0 Å². The fourth-order valence-corrected chi connectivity index (χ4v) is 2.90. The summed E-state index contributed by atoms with van der Waals surface area (Å²) >= 11 is 0. The fourth-order valence-electron chi connectivity index (χ4n) is 2.90. The fraction of sp³-hybridized carbons (Fsp3) is 0.923. The normalized spacial score (nSPS) is 27.6. The van der Waals surface area contributed by atoms with Gasteiger partial charge in [-0.3, -0.25) is 4.79 Å². The van der Waals surface area contributed by atoms with Gasteiger partial charge in [-0.1, -0.05) is 6.42 Å². The third-order valence-electron chi connectivity index (χ3n) is 3.61. The highest BCUT2D eigenvalue weighted by Crippen LogP contribution is 2.42. The van der Waals surface area contributed by atoms with Gasteiger partial charge in [0, 0.05) is 24.8 Å². The number of carbonyl (C=O) groups excluding carboxylic acids is 1. The topological polar surface area (TPSA) is 47.6 Å². The molecule has 1 aliphatic heterocycles. The molecule has 1 saturated heterocycles. The van der Waals surface area contributed by atoms with Crippen LogP contribution in [0.5, 0.6) is 0 Å². The predicted octanol–water partition coefficient (Wildman–Crippen LogP) is 1.83. The van der Waals surface area contributed by atoms with Gasteiger partial charge in [0.05, 0.1) is 13.2 Å². The molecule has 1 heterocycles. The van der Waals surface area contributed by atoms with E-state index in [1.54, 1.807) is 0 Å². The summed E-state index contributed by atoms with van der Waals surface area (Å²) in [7, 11) is 0. The molecule has 0 aromatic heterocycles. The van der Waals surface area contributed by atoms with E-state index in [1.165, 1.54) is 6.42 Å². The molecule has 0 aromatic carbocycles. The monoisotopic (exact) mass is 241 g/mol. The van der Waals surface area contributed by atoms with E-state index >= 15 is 0 Å². The smallest absolute Gasteiger partial charge is 0.220 e. The summed E-state index contributed by atoms with van der Waals surface area (Å²) in [5.74, 6) is -0.116. The van der Waals surface area contributed by atoms with E-state index in [2.05, 4.69) is 5.32 Å². The molecule has 0 aromatic rings. The average Bonchev–Trinajstić information content (AvgIpc) is 2.70. The van der Waals surface area contributed by atoms with E-state index in [-0.39, 0.29) is 17.9 Å². The van der Waals surface area contributed by atoms with Crippen molar-refractivity contribution in [3.8, 4) is 0 Å². The minimum absolute atomic E-state index is 0.116. The second-order valence-electron chi connectivity index (χ2n) is 5.38. The number of hydrogen-bond acceptors (Lipinski definition) is 3. The molecule has 0 radical (unpaired) electrons. The minimum atomic E-state index is -0.452. The second kappa shape index (κ2) is 5.36. The van der Waals surface area contributed by atoms with Gasteiger partial charge in [0.15, 0.2) is 5.79 Å². The molecule has 0 bridgehead atoms. The first-order valence-corrected chi connectivity index (χ1v) is 6.70. The molecule has 2 rings (SSSR count). The predicted molar refractivity (Wildman–Crippen MR) is 64.5 cm³/mol. The molecule has 1 spiro atoms. The van der Waals surface area contributed by atoms with Crippen molar-refractivity contribution in [2.24, 2.45) is 5.92 Å². The summed E-state index contributed by atoms with van der Waals surface area (Å²) in [5.41, 5.74) is 0. The van der Waals surface area contributed by atoms with E-state index in [0.717, 1.165) is 19.3 Å². The van der Waals surface area contributed by atoms with Crippen LogP contribution in [-0.2, 0) is 14.3 Å². The maximum absolute atomic E-state index is 11.8. The lowest BCUT2D eigenvalue weighted by Crippen LogP contribution is -2.44. The Morgan fingerprint density at radius 2 is 2.06 bits per heavy atom. The lowest BCUT2D eigenvalue weighted by atomic mass is 9.81. The van der Waals surface area contributed by atoms with Crippen LogP contribution in [0.3, 0.4) is 0 Å². The van der Waals surface area contributed by atoms with Crippen molar-refractivity contribution >= 4 is 5.91 Å². The van der Waals surface area contributed by atoms with Gasteiger partial charge in [0.2, 0.25) is 5.91 Å². The van der Waals surface area contributed by atoms with Crippen LogP contribution in [0.25, 0.3) is 0 Å². The number of ether oxygens (including phenoxy) is 2. The summed E-state index contributed by atoms with van der Waals surface area (Å²) in [5, 5.41) is 2.95. The molecule has 2 aliphatic rings. The summed E-state index contributed by atoms with van der Waals surface area (Å²) in [6.45, 7) is 5.30. The van der Waals surface area contributed by atoms with Crippen molar-refractivity contribution in [3.05, 3.63) is 0 Å². The van der Waals surface area contributed by atoms with E-state index < -0.39 is 5.79 Å². The summed E-state index contributed by atoms with van der Waals surface area (Å²) in [4.78, 5) is 11.8. The number of amides is 1. The lowest BCUT2D eigenvalue weighted by Gasteiger charge is -2.39. The molecule has 2 fully saturated rings. The number of carbonyl (C=O) groups is 1. The summed E-state index contributed by atoms with van der Waals surface area (Å²) < 4.78 is 11.6. The minimum Gasteiger partial charge on any atom is -0.354 e. The molecular formula is C13H23NO3. The molecule has 4 nitrogen and oxygen atoms in total. The quantitative estimate of drug-likeness (QED) is 0.820. The highest BCUT2D eigenvalue weighted by Gasteiger charge is 2.46. The number of nitrogens with one attached hydrogen (secondary N) is 1. The zero-order chi connectivity index (χ0) is 12.3. The van der Waals surface area contributed by atoms with Crippen LogP contribution < -0.4 is 5.32 Å². The Hall–Kier alpha value is -0.610. The first-order chi connectivity index (χ1) is 8.12. The summed E-state index contributed by atoms with van der Waals surface area (Å²) in [6.07, 6.45) is 4.81. The van der Waals surface area contributed by atoms with Crippen LogP contribution in [0.4, 0.5) is 0 Å². The molecule has 1 N–H and O–H groups in total. The molecule has 17 heavy (non-hydrogen) atoms. The van der Waals surface area contributed by atoms with E-state index in [0.29, 0.717) is 19.6 Å². The zero-order valence-corrected chi connectivity index (χ0v) is 10.8. The Balaban J connectivity index is 1.95. The maximum Gasteiger partial charge on any atom is 0.220 e. The Morgan fingerprint density at radius 3 is 2.71 bits per heavy atom. The Kier molecular flexibility index (Phi) is 4.05. The first kappa shape index (κ1) is 12.8. The Bertz CT molecular complexity index is 272. The SMILES string of the molecule is CC(C)NC(=O)CC1CCCCC12OCCO2.